The van der Waals surface area contributed by atoms with Crippen LogP contribution in [0.25, 0.3) is 11.4 Å². The molecule has 1 aliphatic carbocycles. The summed E-state index contributed by atoms with van der Waals surface area (Å²) < 4.78 is 6.81. The summed E-state index contributed by atoms with van der Waals surface area (Å²) in [5.41, 5.74) is 1.87. The maximum absolute atomic E-state index is 12.5. The number of carbonyl (C=O) groups excluding carboxylic acids is 2. The topological polar surface area (TPSA) is 124 Å². The van der Waals surface area contributed by atoms with Crippen molar-refractivity contribution in [3.63, 3.8) is 0 Å². The van der Waals surface area contributed by atoms with Crippen molar-refractivity contribution in [1.29, 1.82) is 0 Å². The fraction of sp³-hybridized carbons (Fsp3) is 0.273. The second kappa shape index (κ2) is 9.67. The zero-order valence-corrected chi connectivity index (χ0v) is 18.6. The van der Waals surface area contributed by atoms with E-state index in [9.17, 15) is 9.59 Å². The summed E-state index contributed by atoms with van der Waals surface area (Å²) in [6.07, 6.45) is 3.79. The molecule has 4 rings (SSSR count). The van der Waals surface area contributed by atoms with E-state index in [0.29, 0.717) is 34.4 Å². The number of amides is 2. The van der Waals surface area contributed by atoms with E-state index in [1.807, 2.05) is 0 Å². The molecule has 3 aromatic heterocycles. The van der Waals surface area contributed by atoms with Gasteiger partial charge in [0.05, 0.1) is 17.6 Å². The molecule has 10 nitrogen and oxygen atoms in total. The monoisotopic (exact) mass is 465 g/mol. The number of anilines is 2. The first-order valence-electron chi connectivity index (χ1n) is 10.2. The summed E-state index contributed by atoms with van der Waals surface area (Å²) in [6, 6.07) is 6.76. The van der Waals surface area contributed by atoms with Gasteiger partial charge in [-0.2, -0.15) is 0 Å². The summed E-state index contributed by atoms with van der Waals surface area (Å²) in [6.45, 7) is 1.69. The Balaban J connectivity index is 1.43. The Morgan fingerprint density at radius 2 is 2.06 bits per heavy atom. The van der Waals surface area contributed by atoms with E-state index in [0.717, 1.165) is 12.8 Å². The van der Waals surface area contributed by atoms with Gasteiger partial charge >= 0.3 is 6.09 Å². The summed E-state index contributed by atoms with van der Waals surface area (Å²) in [4.78, 5) is 32.7. The molecule has 2 amide bonds. The highest BCUT2D eigenvalue weighted by Gasteiger charge is 2.21. The van der Waals surface area contributed by atoms with Gasteiger partial charge in [0.25, 0.3) is 5.91 Å². The third-order valence-electron chi connectivity index (χ3n) is 4.79. The van der Waals surface area contributed by atoms with Crippen LogP contribution < -0.4 is 10.6 Å². The number of aryl methyl sites for hydroxylation is 1. The van der Waals surface area contributed by atoms with E-state index < -0.39 is 12.2 Å². The van der Waals surface area contributed by atoms with E-state index >= 15 is 0 Å². The van der Waals surface area contributed by atoms with Gasteiger partial charge in [-0.05, 0) is 43.9 Å². The SMILES string of the molecule is C[C@@H](OC(=O)Nc1c(-c2ccc(NC(=O)C#CC3CC3)cn2)nnn1C)c1cccnc1Cl. The van der Waals surface area contributed by atoms with Crippen LogP contribution in [0.1, 0.15) is 31.4 Å². The first-order chi connectivity index (χ1) is 15.9. The van der Waals surface area contributed by atoms with Crippen LogP contribution in [0, 0.1) is 17.8 Å². The quantitative estimate of drug-likeness (QED) is 0.435. The number of halogens is 1. The minimum atomic E-state index is -0.716. The van der Waals surface area contributed by atoms with Crippen LogP contribution in [0.5, 0.6) is 0 Å². The average molecular weight is 466 g/mol. The second-order valence-electron chi connectivity index (χ2n) is 7.40. The van der Waals surface area contributed by atoms with E-state index in [4.69, 9.17) is 16.3 Å². The van der Waals surface area contributed by atoms with Crippen molar-refractivity contribution in [2.75, 3.05) is 10.6 Å². The third-order valence-corrected chi connectivity index (χ3v) is 5.10. The van der Waals surface area contributed by atoms with Crippen LogP contribution in [-0.2, 0) is 16.6 Å². The van der Waals surface area contributed by atoms with Gasteiger partial charge in [-0.15, -0.1) is 5.10 Å². The molecule has 11 heteroatoms. The van der Waals surface area contributed by atoms with Crippen LogP contribution in [0.3, 0.4) is 0 Å². The van der Waals surface area contributed by atoms with Gasteiger partial charge in [0.2, 0.25) is 0 Å². The standard InChI is InChI=1S/C22H20ClN7O3/c1-13(16-4-3-11-24-20(16)23)33-22(32)27-21-19(28-29-30(21)2)17-9-8-15(12-25-17)26-18(31)10-7-14-5-6-14/h3-4,8-9,11-14H,5-6H2,1-2H3,(H,26,31)(H,27,32)/t13-/m1/s1. The van der Waals surface area contributed by atoms with Crippen LogP contribution in [0.4, 0.5) is 16.3 Å². The summed E-state index contributed by atoms with van der Waals surface area (Å²) in [5, 5.41) is 13.6. The third kappa shape index (κ3) is 5.64. The van der Waals surface area contributed by atoms with E-state index in [-0.39, 0.29) is 11.1 Å². The number of carbonyl (C=O) groups is 2. The largest absolute Gasteiger partial charge is 0.441 e. The first-order valence-corrected chi connectivity index (χ1v) is 10.5. The highest BCUT2D eigenvalue weighted by Crippen LogP contribution is 2.28. The number of hydrogen-bond donors (Lipinski definition) is 2. The van der Waals surface area contributed by atoms with Crippen LogP contribution in [0.2, 0.25) is 5.15 Å². The smallest absolute Gasteiger partial charge is 0.413 e. The van der Waals surface area contributed by atoms with Crippen LogP contribution >= 0.6 is 11.6 Å². The molecule has 3 aromatic rings. The van der Waals surface area contributed by atoms with Crippen molar-refractivity contribution >= 4 is 35.1 Å². The highest BCUT2D eigenvalue weighted by atomic mass is 35.5. The number of aromatic nitrogens is 5. The molecular weight excluding hydrogens is 446 g/mol. The number of nitrogens with one attached hydrogen (secondary N) is 2. The van der Waals surface area contributed by atoms with E-state index in [2.05, 4.69) is 42.8 Å². The lowest BCUT2D eigenvalue weighted by atomic mass is 10.2. The molecule has 0 aromatic carbocycles. The Morgan fingerprint density at radius 3 is 2.76 bits per heavy atom. The second-order valence-corrected chi connectivity index (χ2v) is 7.75. The van der Waals surface area contributed by atoms with Crippen molar-refractivity contribution in [2.45, 2.75) is 25.9 Å². The Bertz CT molecular complexity index is 1240. The molecule has 0 radical (unpaired) electrons. The van der Waals surface area contributed by atoms with Gasteiger partial charge in [-0.25, -0.2) is 14.5 Å². The van der Waals surface area contributed by atoms with Crippen molar-refractivity contribution in [2.24, 2.45) is 13.0 Å². The average Bonchev–Trinajstić information content (AvgIpc) is 3.56. The molecule has 0 aliphatic heterocycles. The zero-order valence-electron chi connectivity index (χ0n) is 17.9. The minimum absolute atomic E-state index is 0.260. The number of nitrogens with zero attached hydrogens (tertiary/aromatic N) is 5. The minimum Gasteiger partial charge on any atom is -0.441 e. The lowest BCUT2D eigenvalue weighted by Gasteiger charge is -2.15. The molecule has 1 fully saturated rings. The lowest BCUT2D eigenvalue weighted by Crippen LogP contribution is -2.18. The Morgan fingerprint density at radius 1 is 1.24 bits per heavy atom. The molecule has 0 spiro atoms. The molecule has 3 heterocycles. The summed E-state index contributed by atoms with van der Waals surface area (Å²) in [7, 11) is 1.63. The van der Waals surface area contributed by atoms with Gasteiger partial charge < -0.3 is 10.1 Å². The van der Waals surface area contributed by atoms with Crippen LogP contribution in [-0.4, -0.2) is 37.0 Å². The van der Waals surface area contributed by atoms with Crippen molar-refractivity contribution < 1.29 is 14.3 Å². The van der Waals surface area contributed by atoms with E-state index in [1.165, 1.54) is 10.9 Å². The van der Waals surface area contributed by atoms with Crippen molar-refractivity contribution in [3.8, 4) is 23.2 Å². The zero-order chi connectivity index (χ0) is 23.4. The number of hydrogen-bond acceptors (Lipinski definition) is 7. The molecule has 33 heavy (non-hydrogen) atoms. The summed E-state index contributed by atoms with van der Waals surface area (Å²) >= 11 is 6.07. The number of ether oxygens (including phenoxy) is 1. The molecule has 1 saturated carbocycles. The van der Waals surface area contributed by atoms with Gasteiger partial charge in [0.1, 0.15) is 11.3 Å². The van der Waals surface area contributed by atoms with Gasteiger partial charge in [-0.1, -0.05) is 28.8 Å². The predicted octanol–water partition coefficient (Wildman–Crippen LogP) is 3.59. The molecular formula is C22H20ClN7O3. The maximum Gasteiger partial charge on any atom is 0.413 e. The lowest BCUT2D eigenvalue weighted by molar-refractivity contribution is -0.111. The Kier molecular flexibility index (Phi) is 6.51. The maximum atomic E-state index is 12.5. The molecule has 1 aliphatic rings. The van der Waals surface area contributed by atoms with Crippen LogP contribution in [0.15, 0.2) is 36.7 Å². The molecule has 0 bridgehead atoms. The van der Waals surface area contributed by atoms with Gasteiger partial charge in [0.15, 0.2) is 11.5 Å². The fourth-order valence-electron chi connectivity index (χ4n) is 2.89. The summed E-state index contributed by atoms with van der Waals surface area (Å²) in [5.74, 6) is 5.73. The normalized spacial score (nSPS) is 13.4. The van der Waals surface area contributed by atoms with E-state index in [1.54, 1.807) is 44.4 Å². The molecule has 0 saturated heterocycles. The molecule has 0 unspecified atom stereocenters. The number of pyridine rings is 2. The highest BCUT2D eigenvalue weighted by molar-refractivity contribution is 6.30. The molecule has 168 valence electrons. The first kappa shape index (κ1) is 22.2. The van der Waals surface area contributed by atoms with Crippen molar-refractivity contribution in [3.05, 3.63) is 47.4 Å². The Hall–Kier alpha value is -3.97. The van der Waals surface area contributed by atoms with Gasteiger partial charge in [-0.3, -0.25) is 15.1 Å². The molecule has 1 atom stereocenters. The Labute approximate surface area is 194 Å². The predicted molar refractivity (Wildman–Crippen MR) is 121 cm³/mol. The van der Waals surface area contributed by atoms with Crippen molar-refractivity contribution in [1.82, 2.24) is 25.0 Å². The molecule has 2 N–H and O–H groups in total. The fourth-order valence-corrected chi connectivity index (χ4v) is 3.16. The number of rotatable bonds is 5. The van der Waals surface area contributed by atoms with Gasteiger partial charge in [0, 0.05) is 24.7 Å².